The molecule has 0 aliphatic rings. The van der Waals surface area contributed by atoms with Crippen molar-refractivity contribution in [1.29, 1.82) is 0 Å². The van der Waals surface area contributed by atoms with Crippen LogP contribution in [0.4, 0.5) is 5.69 Å². The van der Waals surface area contributed by atoms with Gasteiger partial charge in [0.15, 0.2) is 0 Å². The second-order valence-corrected chi connectivity index (χ2v) is 9.68. The van der Waals surface area contributed by atoms with Gasteiger partial charge in [-0.15, -0.1) is 11.3 Å². The minimum atomic E-state index is -0.492. The molecule has 9 heteroatoms. The quantitative estimate of drug-likeness (QED) is 0.229. The van der Waals surface area contributed by atoms with E-state index < -0.39 is 5.41 Å². The highest BCUT2D eigenvalue weighted by Crippen LogP contribution is 2.44. The molecule has 0 bridgehead atoms. The van der Waals surface area contributed by atoms with E-state index in [9.17, 15) is 5.11 Å². The molecule has 5 nitrogen and oxygen atoms in total. The van der Waals surface area contributed by atoms with Gasteiger partial charge >= 0.3 is 0 Å². The third-order valence-electron chi connectivity index (χ3n) is 4.20. The van der Waals surface area contributed by atoms with Crippen molar-refractivity contribution in [1.82, 2.24) is 15.0 Å². The van der Waals surface area contributed by atoms with Gasteiger partial charge in [0.05, 0.1) is 33.6 Å². The Morgan fingerprint density at radius 3 is 2.69 bits per heavy atom. The largest absolute Gasteiger partial charge is 0.395 e. The highest BCUT2D eigenvalue weighted by Gasteiger charge is 2.28. The summed E-state index contributed by atoms with van der Waals surface area (Å²) < 4.78 is 3.31. The van der Waals surface area contributed by atoms with Crippen molar-refractivity contribution in [2.75, 3.05) is 17.1 Å². The van der Waals surface area contributed by atoms with Crippen molar-refractivity contribution in [3.8, 4) is 21.8 Å². The van der Waals surface area contributed by atoms with Crippen molar-refractivity contribution < 1.29 is 5.11 Å². The molecular formula is C20H22Cl2N4OS2. The standard InChI is InChI=1S/C20H22Cl2N4OS2/c1-4-10-28-26-13-7-5-6-12(15(13)21)16-17(14-8-9-23-19(22)24-14)29-18(25-16)20(2,3)11-27/h5-9,26-27H,4,10-11H2,1-3H3. The van der Waals surface area contributed by atoms with Crippen molar-refractivity contribution in [2.24, 2.45) is 0 Å². The first kappa shape index (κ1) is 22.3. The molecule has 0 atom stereocenters. The summed E-state index contributed by atoms with van der Waals surface area (Å²) >= 11 is 15.9. The van der Waals surface area contributed by atoms with Gasteiger partial charge in [-0.25, -0.2) is 15.0 Å². The summed E-state index contributed by atoms with van der Waals surface area (Å²) in [7, 11) is 0. The van der Waals surface area contributed by atoms with Crippen LogP contribution < -0.4 is 4.72 Å². The molecule has 1 aromatic carbocycles. The second-order valence-electron chi connectivity index (χ2n) is 7.07. The van der Waals surface area contributed by atoms with E-state index in [0.29, 0.717) is 10.7 Å². The average molecular weight is 469 g/mol. The van der Waals surface area contributed by atoms with Gasteiger partial charge in [-0.1, -0.05) is 56.5 Å². The van der Waals surface area contributed by atoms with Gasteiger partial charge in [0, 0.05) is 22.9 Å². The molecule has 0 fully saturated rings. The van der Waals surface area contributed by atoms with Crippen LogP contribution in [0, 0.1) is 0 Å². The molecule has 29 heavy (non-hydrogen) atoms. The lowest BCUT2D eigenvalue weighted by Gasteiger charge is -2.17. The number of halogens is 2. The number of aromatic nitrogens is 3. The van der Waals surface area contributed by atoms with Gasteiger partial charge in [0.2, 0.25) is 5.28 Å². The van der Waals surface area contributed by atoms with Gasteiger partial charge < -0.3 is 9.83 Å². The number of thiazole rings is 1. The lowest BCUT2D eigenvalue weighted by atomic mass is 9.96. The number of aliphatic hydroxyl groups excluding tert-OH is 1. The fraction of sp³-hybridized carbons (Fsp3) is 0.350. The molecule has 2 heterocycles. The fourth-order valence-electron chi connectivity index (χ4n) is 2.52. The SMILES string of the molecule is CCCSNc1cccc(-c2nc(C(C)(C)CO)sc2-c2ccnc(Cl)n2)c1Cl. The maximum atomic E-state index is 9.83. The molecule has 0 amide bonds. The average Bonchev–Trinajstić information content (AvgIpc) is 3.15. The number of anilines is 1. The summed E-state index contributed by atoms with van der Waals surface area (Å²) in [5.41, 5.74) is 2.54. The molecule has 0 aliphatic heterocycles. The highest BCUT2D eigenvalue weighted by atomic mass is 35.5. The van der Waals surface area contributed by atoms with E-state index in [4.69, 9.17) is 28.2 Å². The molecule has 0 saturated heterocycles. The van der Waals surface area contributed by atoms with Gasteiger partial charge in [0.25, 0.3) is 0 Å². The molecule has 2 N–H and O–H groups in total. The van der Waals surface area contributed by atoms with E-state index in [-0.39, 0.29) is 11.9 Å². The molecule has 0 unspecified atom stereocenters. The second kappa shape index (κ2) is 9.62. The Morgan fingerprint density at radius 1 is 1.21 bits per heavy atom. The van der Waals surface area contributed by atoms with Crippen LogP contribution in [0.25, 0.3) is 21.8 Å². The predicted molar refractivity (Wildman–Crippen MR) is 125 cm³/mol. The van der Waals surface area contributed by atoms with Crippen molar-refractivity contribution in [3.05, 3.63) is 45.8 Å². The highest BCUT2D eigenvalue weighted by molar-refractivity contribution is 8.00. The lowest BCUT2D eigenvalue weighted by molar-refractivity contribution is 0.218. The number of nitrogens with zero attached hydrogens (tertiary/aromatic N) is 3. The Bertz CT molecular complexity index is 994. The third kappa shape index (κ3) is 5.03. The maximum Gasteiger partial charge on any atom is 0.222 e. The number of hydrogen-bond acceptors (Lipinski definition) is 7. The summed E-state index contributed by atoms with van der Waals surface area (Å²) in [5.74, 6) is 0.983. The minimum absolute atomic E-state index is 0.0209. The summed E-state index contributed by atoms with van der Waals surface area (Å²) in [6.45, 7) is 6.01. The lowest BCUT2D eigenvalue weighted by Crippen LogP contribution is -2.21. The van der Waals surface area contributed by atoms with E-state index in [2.05, 4.69) is 21.6 Å². The van der Waals surface area contributed by atoms with Gasteiger partial charge in [-0.3, -0.25) is 0 Å². The zero-order chi connectivity index (χ0) is 21.0. The number of hydrogen-bond donors (Lipinski definition) is 2. The van der Waals surface area contributed by atoms with E-state index in [1.54, 1.807) is 24.2 Å². The smallest absolute Gasteiger partial charge is 0.222 e. The summed E-state index contributed by atoms with van der Waals surface area (Å²) in [4.78, 5) is 14.0. The summed E-state index contributed by atoms with van der Waals surface area (Å²) in [6.07, 6.45) is 2.69. The first-order valence-corrected chi connectivity index (χ1v) is 11.7. The Labute approximate surface area is 189 Å². The molecule has 0 aliphatic carbocycles. The van der Waals surface area contributed by atoms with Crippen LogP contribution in [0.3, 0.4) is 0 Å². The van der Waals surface area contributed by atoms with Gasteiger partial charge in [-0.2, -0.15) is 0 Å². The third-order valence-corrected chi connectivity index (χ3v) is 7.21. The van der Waals surface area contributed by atoms with Crippen molar-refractivity contribution in [3.63, 3.8) is 0 Å². The number of rotatable bonds is 8. The zero-order valence-electron chi connectivity index (χ0n) is 16.4. The number of benzene rings is 1. The van der Waals surface area contributed by atoms with Crippen LogP contribution in [-0.4, -0.2) is 32.4 Å². The molecule has 2 aromatic heterocycles. The zero-order valence-corrected chi connectivity index (χ0v) is 19.5. The topological polar surface area (TPSA) is 70.9 Å². The number of aliphatic hydroxyl groups is 1. The number of nitrogens with one attached hydrogen (secondary N) is 1. The normalized spacial score (nSPS) is 11.7. The predicted octanol–water partition coefficient (Wildman–Crippen LogP) is 6.31. The van der Waals surface area contributed by atoms with Crippen LogP contribution in [-0.2, 0) is 5.41 Å². The summed E-state index contributed by atoms with van der Waals surface area (Å²) in [5, 5.41) is 11.4. The van der Waals surface area contributed by atoms with Crippen molar-refractivity contribution in [2.45, 2.75) is 32.6 Å². The van der Waals surface area contributed by atoms with Gasteiger partial charge in [0.1, 0.15) is 5.01 Å². The molecule has 0 spiro atoms. The van der Waals surface area contributed by atoms with Crippen LogP contribution in [0.5, 0.6) is 0 Å². The molecule has 3 aromatic rings. The van der Waals surface area contributed by atoms with E-state index in [1.807, 2.05) is 32.0 Å². The summed E-state index contributed by atoms with van der Waals surface area (Å²) in [6, 6.07) is 7.63. The minimum Gasteiger partial charge on any atom is -0.395 e. The Morgan fingerprint density at radius 2 is 2.00 bits per heavy atom. The monoisotopic (exact) mass is 468 g/mol. The molecule has 3 rings (SSSR count). The van der Waals surface area contributed by atoms with E-state index in [1.165, 1.54) is 11.3 Å². The molecular weight excluding hydrogens is 447 g/mol. The van der Waals surface area contributed by atoms with Crippen LogP contribution in [0.1, 0.15) is 32.2 Å². The maximum absolute atomic E-state index is 9.83. The molecule has 0 saturated carbocycles. The van der Waals surface area contributed by atoms with E-state index in [0.717, 1.165) is 39.0 Å². The van der Waals surface area contributed by atoms with Crippen LogP contribution in [0.15, 0.2) is 30.5 Å². The van der Waals surface area contributed by atoms with Crippen LogP contribution >= 0.6 is 46.5 Å². The Kier molecular flexibility index (Phi) is 7.40. The Hall–Kier alpha value is -1.38. The molecule has 0 radical (unpaired) electrons. The first-order chi connectivity index (χ1) is 13.9. The molecule has 154 valence electrons. The van der Waals surface area contributed by atoms with Gasteiger partial charge in [-0.05, 0) is 30.2 Å². The van der Waals surface area contributed by atoms with Crippen molar-refractivity contribution >= 4 is 52.2 Å². The fourth-order valence-corrected chi connectivity index (χ4v) is 4.76. The van der Waals surface area contributed by atoms with E-state index >= 15 is 0 Å². The Balaban J connectivity index is 2.14. The first-order valence-electron chi connectivity index (χ1n) is 9.15. The van der Waals surface area contributed by atoms with Crippen LogP contribution in [0.2, 0.25) is 10.3 Å².